The smallest absolute Gasteiger partial charge is 0.119 e. The van der Waals surface area contributed by atoms with Crippen LogP contribution in [0.4, 0.5) is 0 Å². The lowest BCUT2D eigenvalue weighted by Crippen LogP contribution is -2.43. The number of benzene rings is 1. The summed E-state index contributed by atoms with van der Waals surface area (Å²) < 4.78 is 5.69. The molecular formula is C18H32N2O. The van der Waals surface area contributed by atoms with Crippen LogP contribution in [0.15, 0.2) is 24.3 Å². The molecule has 2 unspecified atom stereocenters. The summed E-state index contributed by atoms with van der Waals surface area (Å²) in [4.78, 5) is 2.24. The lowest BCUT2D eigenvalue weighted by atomic mass is 10.0. The fraction of sp³-hybridized carbons (Fsp3) is 0.667. The van der Waals surface area contributed by atoms with E-state index in [9.17, 15) is 0 Å². The predicted molar refractivity (Wildman–Crippen MR) is 90.9 cm³/mol. The van der Waals surface area contributed by atoms with E-state index in [1.54, 1.807) is 0 Å². The van der Waals surface area contributed by atoms with E-state index in [1.807, 2.05) is 13.8 Å². The standard InChI is InChI=1S/C18H32N2O/c1-13(2)18(12-20(6)7)19-15(5)16-8-10-17(11-9-16)21-14(3)4/h8-11,13-15,18-19H,12H2,1-7H3. The van der Waals surface area contributed by atoms with Gasteiger partial charge in [-0.15, -0.1) is 0 Å². The van der Waals surface area contributed by atoms with E-state index in [4.69, 9.17) is 4.74 Å². The summed E-state index contributed by atoms with van der Waals surface area (Å²) in [5.41, 5.74) is 1.30. The molecule has 0 saturated carbocycles. The predicted octanol–water partition coefficient (Wildman–Crippen LogP) is 3.71. The van der Waals surface area contributed by atoms with Crippen molar-refractivity contribution < 1.29 is 4.74 Å². The third kappa shape index (κ3) is 6.49. The number of rotatable bonds is 8. The second-order valence-corrected chi connectivity index (χ2v) is 6.74. The summed E-state index contributed by atoms with van der Waals surface area (Å²) in [6.07, 6.45) is 0.219. The van der Waals surface area contributed by atoms with Gasteiger partial charge in [0.15, 0.2) is 0 Å². The maximum Gasteiger partial charge on any atom is 0.119 e. The minimum absolute atomic E-state index is 0.219. The van der Waals surface area contributed by atoms with E-state index >= 15 is 0 Å². The molecule has 0 aliphatic rings. The number of ether oxygens (including phenoxy) is 1. The van der Waals surface area contributed by atoms with Crippen LogP contribution in [0.2, 0.25) is 0 Å². The van der Waals surface area contributed by atoms with Crippen LogP contribution in [0.25, 0.3) is 0 Å². The quantitative estimate of drug-likeness (QED) is 0.790. The molecule has 1 aromatic rings. The zero-order chi connectivity index (χ0) is 16.0. The van der Waals surface area contributed by atoms with Gasteiger partial charge in [0.05, 0.1) is 6.10 Å². The van der Waals surface area contributed by atoms with Gasteiger partial charge in [-0.1, -0.05) is 26.0 Å². The van der Waals surface area contributed by atoms with Crippen LogP contribution in [0.1, 0.15) is 46.2 Å². The molecule has 0 spiro atoms. The van der Waals surface area contributed by atoms with Gasteiger partial charge in [-0.2, -0.15) is 0 Å². The van der Waals surface area contributed by atoms with Crippen molar-refractivity contribution in [2.75, 3.05) is 20.6 Å². The number of likely N-dealkylation sites (N-methyl/N-ethyl adjacent to an activating group) is 1. The van der Waals surface area contributed by atoms with Gasteiger partial charge in [-0.3, -0.25) is 0 Å². The number of hydrogen-bond acceptors (Lipinski definition) is 3. The summed E-state index contributed by atoms with van der Waals surface area (Å²) >= 11 is 0. The van der Waals surface area contributed by atoms with Gasteiger partial charge >= 0.3 is 0 Å². The molecule has 0 radical (unpaired) electrons. The highest BCUT2D eigenvalue weighted by atomic mass is 16.5. The maximum atomic E-state index is 5.69. The first-order valence-electron chi connectivity index (χ1n) is 7.97. The van der Waals surface area contributed by atoms with Crippen LogP contribution in [0, 0.1) is 5.92 Å². The molecule has 0 fully saturated rings. The SMILES string of the molecule is CC(C)Oc1ccc(C(C)NC(CN(C)C)C(C)C)cc1. The highest BCUT2D eigenvalue weighted by Gasteiger charge is 2.17. The number of nitrogens with one attached hydrogen (secondary N) is 1. The van der Waals surface area contributed by atoms with E-state index in [0.717, 1.165) is 12.3 Å². The van der Waals surface area contributed by atoms with Crippen molar-refractivity contribution in [3.8, 4) is 5.75 Å². The van der Waals surface area contributed by atoms with Crippen molar-refractivity contribution in [2.45, 2.75) is 52.8 Å². The van der Waals surface area contributed by atoms with E-state index in [-0.39, 0.29) is 6.10 Å². The van der Waals surface area contributed by atoms with E-state index in [0.29, 0.717) is 18.0 Å². The summed E-state index contributed by atoms with van der Waals surface area (Å²) in [6.45, 7) is 11.9. The van der Waals surface area contributed by atoms with Gasteiger partial charge in [-0.05, 0) is 58.5 Å². The van der Waals surface area contributed by atoms with Crippen molar-refractivity contribution in [2.24, 2.45) is 5.92 Å². The zero-order valence-corrected chi connectivity index (χ0v) is 14.7. The third-order valence-electron chi connectivity index (χ3n) is 3.58. The molecule has 0 amide bonds. The Labute approximate surface area is 130 Å². The Kier molecular flexibility index (Phi) is 7.20. The van der Waals surface area contributed by atoms with Crippen molar-refractivity contribution in [1.82, 2.24) is 10.2 Å². The molecule has 1 N–H and O–H groups in total. The second-order valence-electron chi connectivity index (χ2n) is 6.74. The minimum atomic E-state index is 0.219. The van der Waals surface area contributed by atoms with Gasteiger partial charge in [0, 0.05) is 18.6 Å². The molecule has 1 aromatic carbocycles. The molecule has 0 bridgehead atoms. The van der Waals surface area contributed by atoms with E-state index < -0.39 is 0 Å². The summed E-state index contributed by atoms with van der Waals surface area (Å²) in [6, 6.07) is 9.26. The van der Waals surface area contributed by atoms with Crippen LogP contribution in [-0.4, -0.2) is 37.7 Å². The Morgan fingerprint density at radius 2 is 1.57 bits per heavy atom. The molecule has 0 aliphatic carbocycles. The molecule has 0 aromatic heterocycles. The topological polar surface area (TPSA) is 24.5 Å². The maximum absolute atomic E-state index is 5.69. The average molecular weight is 292 g/mol. The highest BCUT2D eigenvalue weighted by molar-refractivity contribution is 5.29. The molecule has 21 heavy (non-hydrogen) atoms. The zero-order valence-electron chi connectivity index (χ0n) is 14.7. The van der Waals surface area contributed by atoms with Crippen LogP contribution >= 0.6 is 0 Å². The third-order valence-corrected chi connectivity index (χ3v) is 3.58. The van der Waals surface area contributed by atoms with Gasteiger partial charge in [0.1, 0.15) is 5.75 Å². The van der Waals surface area contributed by atoms with Gasteiger partial charge < -0.3 is 15.0 Å². The fourth-order valence-electron chi connectivity index (χ4n) is 2.37. The Morgan fingerprint density at radius 1 is 1.00 bits per heavy atom. The average Bonchev–Trinajstić information content (AvgIpc) is 2.37. The van der Waals surface area contributed by atoms with Crippen molar-refractivity contribution in [3.63, 3.8) is 0 Å². The van der Waals surface area contributed by atoms with Crippen molar-refractivity contribution in [3.05, 3.63) is 29.8 Å². The van der Waals surface area contributed by atoms with Crippen molar-refractivity contribution in [1.29, 1.82) is 0 Å². The molecular weight excluding hydrogens is 260 g/mol. The number of hydrogen-bond donors (Lipinski definition) is 1. The van der Waals surface area contributed by atoms with E-state index in [1.165, 1.54) is 5.56 Å². The number of nitrogens with zero attached hydrogens (tertiary/aromatic N) is 1. The highest BCUT2D eigenvalue weighted by Crippen LogP contribution is 2.20. The molecule has 0 heterocycles. The van der Waals surface area contributed by atoms with Crippen LogP contribution in [-0.2, 0) is 0 Å². The molecule has 120 valence electrons. The van der Waals surface area contributed by atoms with E-state index in [2.05, 4.69) is 69.3 Å². The van der Waals surface area contributed by atoms with Crippen LogP contribution < -0.4 is 10.1 Å². The largest absolute Gasteiger partial charge is 0.491 e. The molecule has 0 saturated heterocycles. The van der Waals surface area contributed by atoms with Crippen LogP contribution in [0.5, 0.6) is 5.75 Å². The first-order valence-corrected chi connectivity index (χ1v) is 7.97. The van der Waals surface area contributed by atoms with Gasteiger partial charge in [-0.25, -0.2) is 0 Å². The second kappa shape index (κ2) is 8.40. The first kappa shape index (κ1) is 18.0. The molecule has 3 heteroatoms. The minimum Gasteiger partial charge on any atom is -0.491 e. The fourth-order valence-corrected chi connectivity index (χ4v) is 2.37. The lowest BCUT2D eigenvalue weighted by molar-refractivity contribution is 0.242. The molecule has 0 aliphatic heterocycles. The molecule has 3 nitrogen and oxygen atoms in total. The first-order chi connectivity index (χ1) is 9.79. The summed E-state index contributed by atoms with van der Waals surface area (Å²) in [5.74, 6) is 1.55. The molecule has 2 atom stereocenters. The summed E-state index contributed by atoms with van der Waals surface area (Å²) in [5, 5.41) is 3.74. The van der Waals surface area contributed by atoms with Gasteiger partial charge in [0.25, 0.3) is 0 Å². The Hall–Kier alpha value is -1.06. The van der Waals surface area contributed by atoms with Crippen LogP contribution in [0.3, 0.4) is 0 Å². The monoisotopic (exact) mass is 292 g/mol. The van der Waals surface area contributed by atoms with Gasteiger partial charge in [0.2, 0.25) is 0 Å². The normalized spacial score (nSPS) is 14.8. The summed E-state index contributed by atoms with van der Waals surface area (Å²) in [7, 11) is 4.25. The van der Waals surface area contributed by atoms with Crippen molar-refractivity contribution >= 4 is 0 Å². The Balaban J connectivity index is 2.66. The lowest BCUT2D eigenvalue weighted by Gasteiger charge is -2.29. The Bertz CT molecular complexity index is 398. The molecule has 1 rings (SSSR count). The Morgan fingerprint density at radius 3 is 2.00 bits per heavy atom.